The van der Waals surface area contributed by atoms with E-state index in [-0.39, 0.29) is 10.6 Å². The van der Waals surface area contributed by atoms with Crippen LogP contribution in [0.2, 0.25) is 0 Å². The van der Waals surface area contributed by atoms with Crippen molar-refractivity contribution in [1.82, 2.24) is 4.90 Å². The number of nitro benzene ring substituents is 1. The largest absolute Gasteiger partial charge is 0.383 e. The van der Waals surface area contributed by atoms with Crippen LogP contribution in [0.4, 0.5) is 11.4 Å². The molecule has 1 aliphatic heterocycles. The Morgan fingerprint density at radius 3 is 2.90 bits per heavy atom. The number of anilines is 1. The molecule has 1 heterocycles. The molecule has 1 saturated carbocycles. The summed E-state index contributed by atoms with van der Waals surface area (Å²) in [5, 5.41) is 14.0. The van der Waals surface area contributed by atoms with Crippen molar-refractivity contribution in [2.75, 3.05) is 18.9 Å². The highest BCUT2D eigenvalue weighted by Crippen LogP contribution is 2.37. The number of likely N-dealkylation sites (tertiary alicyclic amines) is 1. The monoisotopic (exact) mass is 289 g/mol. The molecule has 1 saturated heterocycles. The Balaban J connectivity index is 1.76. The molecule has 0 spiro atoms. The van der Waals surface area contributed by atoms with E-state index in [4.69, 9.17) is 0 Å². The Morgan fingerprint density at radius 2 is 2.14 bits per heavy atom. The molecule has 5 heteroatoms. The third-order valence-corrected chi connectivity index (χ3v) is 5.04. The van der Waals surface area contributed by atoms with Crippen LogP contribution in [-0.2, 0) is 6.54 Å². The molecular weight excluding hydrogens is 266 g/mol. The molecule has 1 N–H and O–H groups in total. The van der Waals surface area contributed by atoms with E-state index in [0.29, 0.717) is 11.7 Å². The van der Waals surface area contributed by atoms with E-state index in [9.17, 15) is 10.1 Å². The van der Waals surface area contributed by atoms with Gasteiger partial charge >= 0.3 is 0 Å². The molecule has 0 bridgehead atoms. The first-order chi connectivity index (χ1) is 10.2. The molecule has 1 aromatic rings. The summed E-state index contributed by atoms with van der Waals surface area (Å²) in [4.78, 5) is 13.4. The lowest BCUT2D eigenvalue weighted by Crippen LogP contribution is -2.34. The molecule has 0 radical (unpaired) electrons. The Labute approximate surface area is 125 Å². The van der Waals surface area contributed by atoms with Gasteiger partial charge < -0.3 is 5.32 Å². The summed E-state index contributed by atoms with van der Waals surface area (Å²) >= 11 is 0. The van der Waals surface area contributed by atoms with Crippen molar-refractivity contribution >= 4 is 11.4 Å². The standard InChI is InChI=1S/C16H23N3O2/c1-17-14-7-6-12(10-16(14)19(20)21)11-18-9-8-13-4-2-3-5-15(13)18/h6-7,10,13,15,17H,2-5,8-9,11H2,1H3. The minimum atomic E-state index is -0.303. The van der Waals surface area contributed by atoms with Crippen molar-refractivity contribution in [3.8, 4) is 0 Å². The molecule has 2 atom stereocenters. The zero-order chi connectivity index (χ0) is 14.8. The van der Waals surface area contributed by atoms with Gasteiger partial charge in [0.1, 0.15) is 5.69 Å². The predicted molar refractivity (Wildman–Crippen MR) is 83.4 cm³/mol. The molecule has 5 nitrogen and oxygen atoms in total. The van der Waals surface area contributed by atoms with Crippen LogP contribution in [0.3, 0.4) is 0 Å². The van der Waals surface area contributed by atoms with E-state index >= 15 is 0 Å². The lowest BCUT2D eigenvalue weighted by Gasteiger charge is -2.31. The molecule has 0 amide bonds. The van der Waals surface area contributed by atoms with Crippen molar-refractivity contribution in [1.29, 1.82) is 0 Å². The van der Waals surface area contributed by atoms with Gasteiger partial charge in [0, 0.05) is 25.7 Å². The first-order valence-electron chi connectivity index (χ1n) is 7.88. The van der Waals surface area contributed by atoms with Gasteiger partial charge in [-0.25, -0.2) is 0 Å². The SMILES string of the molecule is CNc1ccc(CN2CCC3CCCCC32)cc1[N+](=O)[O-]. The van der Waals surface area contributed by atoms with Crippen LogP contribution >= 0.6 is 0 Å². The fourth-order valence-corrected chi connectivity index (χ4v) is 3.97. The molecular formula is C16H23N3O2. The first kappa shape index (κ1) is 14.3. The predicted octanol–water partition coefficient (Wildman–Crippen LogP) is 3.40. The average molecular weight is 289 g/mol. The van der Waals surface area contributed by atoms with E-state index in [1.165, 1.54) is 32.1 Å². The summed E-state index contributed by atoms with van der Waals surface area (Å²) in [6.07, 6.45) is 6.65. The fourth-order valence-electron chi connectivity index (χ4n) is 3.97. The van der Waals surface area contributed by atoms with Gasteiger partial charge in [-0.15, -0.1) is 0 Å². The van der Waals surface area contributed by atoms with Crippen LogP contribution in [-0.4, -0.2) is 29.5 Å². The molecule has 21 heavy (non-hydrogen) atoms. The molecule has 3 rings (SSSR count). The van der Waals surface area contributed by atoms with Crippen molar-refractivity contribution in [2.45, 2.75) is 44.7 Å². The summed E-state index contributed by atoms with van der Waals surface area (Å²) in [6, 6.07) is 6.25. The van der Waals surface area contributed by atoms with Crippen molar-refractivity contribution in [3.05, 3.63) is 33.9 Å². The normalized spacial score (nSPS) is 25.6. The van der Waals surface area contributed by atoms with Crippen molar-refractivity contribution < 1.29 is 4.92 Å². The van der Waals surface area contributed by atoms with E-state index in [0.717, 1.165) is 24.6 Å². The number of nitrogens with one attached hydrogen (secondary N) is 1. The lowest BCUT2D eigenvalue weighted by molar-refractivity contribution is -0.384. The Kier molecular flexibility index (Phi) is 4.10. The third kappa shape index (κ3) is 2.88. The van der Waals surface area contributed by atoms with Crippen LogP contribution in [0.1, 0.15) is 37.7 Å². The second-order valence-corrected chi connectivity index (χ2v) is 6.23. The van der Waals surface area contributed by atoms with E-state index < -0.39 is 0 Å². The molecule has 2 unspecified atom stereocenters. The van der Waals surface area contributed by atoms with Gasteiger partial charge in [-0.3, -0.25) is 15.0 Å². The maximum absolute atomic E-state index is 11.2. The summed E-state index contributed by atoms with van der Waals surface area (Å²) in [7, 11) is 1.72. The minimum Gasteiger partial charge on any atom is -0.383 e. The van der Waals surface area contributed by atoms with Crippen molar-refractivity contribution in [2.24, 2.45) is 5.92 Å². The Morgan fingerprint density at radius 1 is 1.33 bits per heavy atom. The second-order valence-electron chi connectivity index (χ2n) is 6.23. The number of rotatable bonds is 4. The topological polar surface area (TPSA) is 58.4 Å². The van der Waals surface area contributed by atoms with Crippen molar-refractivity contribution in [3.63, 3.8) is 0 Å². The maximum atomic E-state index is 11.2. The van der Waals surface area contributed by atoms with E-state index in [2.05, 4.69) is 10.2 Å². The van der Waals surface area contributed by atoms with Gasteiger partial charge in [-0.2, -0.15) is 0 Å². The van der Waals surface area contributed by atoms with Gasteiger partial charge in [-0.05, 0) is 43.4 Å². The molecule has 114 valence electrons. The highest BCUT2D eigenvalue weighted by molar-refractivity contribution is 5.62. The van der Waals surface area contributed by atoms with E-state index in [1.807, 2.05) is 12.1 Å². The molecule has 2 aliphatic rings. The van der Waals surface area contributed by atoms with Gasteiger partial charge in [-0.1, -0.05) is 18.9 Å². The summed E-state index contributed by atoms with van der Waals surface area (Å²) in [5.41, 5.74) is 1.81. The smallest absolute Gasteiger partial charge is 0.292 e. The van der Waals surface area contributed by atoms with Gasteiger partial charge in [0.25, 0.3) is 5.69 Å². The number of nitrogens with zero attached hydrogens (tertiary/aromatic N) is 2. The second kappa shape index (κ2) is 6.02. The van der Waals surface area contributed by atoms with E-state index in [1.54, 1.807) is 13.1 Å². The van der Waals surface area contributed by atoms with Gasteiger partial charge in [0.2, 0.25) is 0 Å². The van der Waals surface area contributed by atoms with Crippen LogP contribution in [0, 0.1) is 16.0 Å². The number of hydrogen-bond acceptors (Lipinski definition) is 4. The first-order valence-corrected chi connectivity index (χ1v) is 7.88. The Bertz CT molecular complexity index is 532. The van der Waals surface area contributed by atoms with Gasteiger partial charge in [0.05, 0.1) is 4.92 Å². The molecule has 1 aromatic carbocycles. The average Bonchev–Trinajstić information content (AvgIpc) is 2.90. The minimum absolute atomic E-state index is 0.175. The lowest BCUT2D eigenvalue weighted by atomic mass is 9.85. The van der Waals surface area contributed by atoms with Crippen LogP contribution in [0.5, 0.6) is 0 Å². The quantitative estimate of drug-likeness (QED) is 0.681. The zero-order valence-corrected chi connectivity index (χ0v) is 12.5. The molecule has 1 aliphatic carbocycles. The number of fused-ring (bicyclic) bond motifs is 1. The molecule has 0 aromatic heterocycles. The highest BCUT2D eigenvalue weighted by Gasteiger charge is 2.35. The summed E-state index contributed by atoms with van der Waals surface area (Å²) in [6.45, 7) is 1.98. The number of nitro groups is 1. The number of benzene rings is 1. The van der Waals surface area contributed by atoms with Gasteiger partial charge in [0.15, 0.2) is 0 Å². The fraction of sp³-hybridized carbons (Fsp3) is 0.625. The maximum Gasteiger partial charge on any atom is 0.292 e. The number of hydrogen-bond donors (Lipinski definition) is 1. The third-order valence-electron chi connectivity index (χ3n) is 5.04. The van der Waals surface area contributed by atoms with Crippen LogP contribution < -0.4 is 5.32 Å². The summed E-state index contributed by atoms with van der Waals surface area (Å²) in [5.74, 6) is 0.852. The zero-order valence-electron chi connectivity index (χ0n) is 12.5. The highest BCUT2D eigenvalue weighted by atomic mass is 16.6. The Hall–Kier alpha value is -1.62. The summed E-state index contributed by atoms with van der Waals surface area (Å²) < 4.78 is 0. The van der Waals surface area contributed by atoms with Crippen LogP contribution in [0.25, 0.3) is 0 Å². The van der Waals surface area contributed by atoms with Crippen LogP contribution in [0.15, 0.2) is 18.2 Å². The molecule has 2 fully saturated rings.